The van der Waals surface area contributed by atoms with Crippen LogP contribution in [0.1, 0.15) is 5.69 Å². The summed E-state index contributed by atoms with van der Waals surface area (Å²) in [6, 6.07) is 3.72. The van der Waals surface area contributed by atoms with Crippen LogP contribution in [0.15, 0.2) is 18.5 Å². The monoisotopic (exact) mass is 144 g/mol. The Morgan fingerprint density at radius 1 is 1.55 bits per heavy atom. The Morgan fingerprint density at radius 2 is 2.45 bits per heavy atom. The number of rotatable bonds is 0. The lowest BCUT2D eigenvalue weighted by Crippen LogP contribution is -1.85. The van der Waals surface area contributed by atoms with E-state index in [1.807, 2.05) is 12.1 Å². The molecule has 0 fully saturated rings. The first-order valence-electron chi connectivity index (χ1n) is 3.10. The van der Waals surface area contributed by atoms with E-state index in [0.717, 1.165) is 5.52 Å². The van der Waals surface area contributed by atoms with Gasteiger partial charge in [-0.1, -0.05) is 0 Å². The molecule has 2 rings (SSSR count). The smallest absolute Gasteiger partial charge is 0.161 e. The van der Waals surface area contributed by atoms with Crippen molar-refractivity contribution >= 4 is 11.2 Å². The van der Waals surface area contributed by atoms with Crippen LogP contribution in [0.25, 0.3) is 11.2 Å². The molecule has 11 heavy (non-hydrogen) atoms. The molecule has 2 aromatic rings. The molecule has 0 spiro atoms. The minimum atomic E-state index is 0.333. The number of aromatic amines is 1. The number of nitrogens with one attached hydrogen (secondary N) is 1. The molecule has 0 aliphatic rings. The minimum absolute atomic E-state index is 0.333. The molecule has 0 atom stereocenters. The van der Waals surface area contributed by atoms with Gasteiger partial charge in [-0.05, 0) is 6.07 Å². The van der Waals surface area contributed by atoms with Crippen LogP contribution in [-0.2, 0) is 0 Å². The molecule has 0 saturated heterocycles. The van der Waals surface area contributed by atoms with Crippen molar-refractivity contribution in [2.45, 2.75) is 0 Å². The van der Waals surface area contributed by atoms with Gasteiger partial charge in [0.25, 0.3) is 0 Å². The van der Waals surface area contributed by atoms with E-state index in [2.05, 4.69) is 15.0 Å². The van der Waals surface area contributed by atoms with E-state index in [-0.39, 0.29) is 0 Å². The van der Waals surface area contributed by atoms with Crippen molar-refractivity contribution in [1.29, 1.82) is 5.26 Å². The number of hydrogen-bond donors (Lipinski definition) is 1. The molecule has 4 heteroatoms. The summed E-state index contributed by atoms with van der Waals surface area (Å²) in [4.78, 5) is 10.8. The van der Waals surface area contributed by atoms with Gasteiger partial charge in [0.05, 0.1) is 6.20 Å². The van der Waals surface area contributed by atoms with Crippen molar-refractivity contribution < 1.29 is 0 Å². The highest BCUT2D eigenvalue weighted by atomic mass is 14.9. The maximum Gasteiger partial charge on any atom is 0.161 e. The van der Waals surface area contributed by atoms with Crippen molar-refractivity contribution in [3.8, 4) is 6.07 Å². The van der Waals surface area contributed by atoms with Gasteiger partial charge in [-0.15, -0.1) is 0 Å². The standard InChI is InChI=1S/C7H4N4/c8-3-5-4-10-6-1-2-9-7(6)11-5/h1-2,4H,(H,9,11). The number of nitriles is 1. The molecule has 2 aromatic heterocycles. The zero-order valence-electron chi connectivity index (χ0n) is 5.57. The Morgan fingerprint density at radius 3 is 3.27 bits per heavy atom. The van der Waals surface area contributed by atoms with Gasteiger partial charge >= 0.3 is 0 Å². The third-order valence-corrected chi connectivity index (χ3v) is 1.38. The summed E-state index contributed by atoms with van der Waals surface area (Å²) in [7, 11) is 0. The third-order valence-electron chi connectivity index (χ3n) is 1.38. The molecule has 2 heterocycles. The molecule has 0 saturated carbocycles. The molecular formula is C7H4N4. The van der Waals surface area contributed by atoms with Crippen molar-refractivity contribution in [2.24, 2.45) is 0 Å². The molecule has 52 valence electrons. The minimum Gasteiger partial charge on any atom is -0.345 e. The highest BCUT2D eigenvalue weighted by Crippen LogP contribution is 2.04. The van der Waals surface area contributed by atoms with Gasteiger partial charge in [0, 0.05) is 6.20 Å². The van der Waals surface area contributed by atoms with Crippen LogP contribution in [0.3, 0.4) is 0 Å². The van der Waals surface area contributed by atoms with Crippen LogP contribution >= 0.6 is 0 Å². The molecule has 0 amide bonds. The summed E-state index contributed by atoms with van der Waals surface area (Å²) in [6.07, 6.45) is 3.20. The van der Waals surface area contributed by atoms with E-state index >= 15 is 0 Å². The summed E-state index contributed by atoms with van der Waals surface area (Å²) >= 11 is 0. The number of fused-ring (bicyclic) bond motifs is 1. The molecule has 0 unspecified atom stereocenters. The van der Waals surface area contributed by atoms with Crippen molar-refractivity contribution in [1.82, 2.24) is 15.0 Å². The SMILES string of the molecule is N#Cc1cnc2cc[nH]c2n1. The lowest BCUT2D eigenvalue weighted by Gasteiger charge is -1.87. The van der Waals surface area contributed by atoms with Crippen molar-refractivity contribution in [3.05, 3.63) is 24.2 Å². The summed E-state index contributed by atoms with van der Waals surface area (Å²) in [5.74, 6) is 0. The zero-order chi connectivity index (χ0) is 7.68. The fourth-order valence-corrected chi connectivity index (χ4v) is 0.880. The van der Waals surface area contributed by atoms with Crippen LogP contribution < -0.4 is 0 Å². The zero-order valence-corrected chi connectivity index (χ0v) is 5.57. The second kappa shape index (κ2) is 2.06. The number of aromatic nitrogens is 3. The number of H-pyrrole nitrogens is 1. The number of nitrogens with zero attached hydrogens (tertiary/aromatic N) is 3. The number of hydrogen-bond acceptors (Lipinski definition) is 3. The highest BCUT2D eigenvalue weighted by Gasteiger charge is 1.97. The van der Waals surface area contributed by atoms with Gasteiger partial charge in [-0.2, -0.15) is 5.26 Å². The van der Waals surface area contributed by atoms with Crippen molar-refractivity contribution in [2.75, 3.05) is 0 Å². The predicted molar refractivity (Wildman–Crippen MR) is 38.6 cm³/mol. The summed E-state index contributed by atoms with van der Waals surface area (Å²) in [5, 5.41) is 8.47. The normalized spacial score (nSPS) is 9.73. The molecule has 4 nitrogen and oxygen atoms in total. The topological polar surface area (TPSA) is 65.4 Å². The Bertz CT molecular complexity index is 423. The first kappa shape index (κ1) is 5.86. The van der Waals surface area contributed by atoms with Crippen LogP contribution in [-0.4, -0.2) is 15.0 Å². The second-order valence-corrected chi connectivity index (χ2v) is 2.08. The maximum absolute atomic E-state index is 8.47. The largest absolute Gasteiger partial charge is 0.345 e. The van der Waals surface area contributed by atoms with Gasteiger partial charge in [-0.3, -0.25) is 0 Å². The van der Waals surface area contributed by atoms with Crippen LogP contribution in [0, 0.1) is 11.3 Å². The molecular weight excluding hydrogens is 140 g/mol. The van der Waals surface area contributed by atoms with Gasteiger partial charge in [-0.25, -0.2) is 9.97 Å². The van der Waals surface area contributed by atoms with Gasteiger partial charge in [0.2, 0.25) is 0 Å². The maximum atomic E-state index is 8.47. The van der Waals surface area contributed by atoms with E-state index in [9.17, 15) is 0 Å². The molecule has 0 bridgehead atoms. The van der Waals surface area contributed by atoms with E-state index in [1.54, 1.807) is 6.20 Å². The van der Waals surface area contributed by atoms with E-state index in [0.29, 0.717) is 11.3 Å². The van der Waals surface area contributed by atoms with E-state index < -0.39 is 0 Å². The average molecular weight is 144 g/mol. The Kier molecular flexibility index (Phi) is 1.10. The van der Waals surface area contributed by atoms with Crippen LogP contribution in [0.2, 0.25) is 0 Å². The van der Waals surface area contributed by atoms with Gasteiger partial charge in [0.15, 0.2) is 11.3 Å². The first-order valence-corrected chi connectivity index (χ1v) is 3.10. The van der Waals surface area contributed by atoms with E-state index in [1.165, 1.54) is 6.20 Å². The fourth-order valence-electron chi connectivity index (χ4n) is 0.880. The quantitative estimate of drug-likeness (QED) is 0.595. The fraction of sp³-hybridized carbons (Fsp3) is 0. The van der Waals surface area contributed by atoms with Gasteiger partial charge in [0.1, 0.15) is 11.6 Å². The summed E-state index contributed by atoms with van der Waals surface area (Å²) in [5.41, 5.74) is 1.77. The summed E-state index contributed by atoms with van der Waals surface area (Å²) < 4.78 is 0. The lowest BCUT2D eigenvalue weighted by atomic mass is 10.4. The molecule has 0 radical (unpaired) electrons. The Labute approximate surface area is 62.5 Å². The lowest BCUT2D eigenvalue weighted by molar-refractivity contribution is 1.22. The van der Waals surface area contributed by atoms with Gasteiger partial charge < -0.3 is 4.98 Å². The van der Waals surface area contributed by atoms with E-state index in [4.69, 9.17) is 5.26 Å². The predicted octanol–water partition coefficient (Wildman–Crippen LogP) is 0.830. The van der Waals surface area contributed by atoms with Crippen LogP contribution in [0.4, 0.5) is 0 Å². The third kappa shape index (κ3) is 0.829. The van der Waals surface area contributed by atoms with Crippen LogP contribution in [0.5, 0.6) is 0 Å². The summed E-state index contributed by atoms with van der Waals surface area (Å²) in [6.45, 7) is 0. The second-order valence-electron chi connectivity index (χ2n) is 2.08. The molecule has 0 aliphatic carbocycles. The highest BCUT2D eigenvalue weighted by molar-refractivity contribution is 5.70. The average Bonchev–Trinajstić information content (AvgIpc) is 2.50. The Hall–Kier alpha value is -1.89. The Balaban J connectivity index is 2.79. The molecule has 0 aromatic carbocycles. The van der Waals surface area contributed by atoms with Crippen molar-refractivity contribution in [3.63, 3.8) is 0 Å². The molecule has 1 N–H and O–H groups in total. The molecule has 0 aliphatic heterocycles. The first-order chi connectivity index (χ1) is 5.40.